The van der Waals surface area contributed by atoms with Gasteiger partial charge in [0, 0.05) is 6.54 Å². The molecule has 2 N–H and O–H groups in total. The molecular formula is C17H19NO3. The number of hydrogen-bond acceptors (Lipinski definition) is 3. The van der Waals surface area contributed by atoms with Gasteiger partial charge in [-0.3, -0.25) is 4.79 Å². The molecule has 0 aliphatic carbocycles. The molecule has 1 amide bonds. The number of nitrogens with one attached hydrogen (secondary N) is 1. The van der Waals surface area contributed by atoms with Gasteiger partial charge in [0.2, 0.25) is 0 Å². The number of benzene rings is 2. The van der Waals surface area contributed by atoms with Crippen LogP contribution in [0.3, 0.4) is 0 Å². The lowest BCUT2D eigenvalue weighted by Gasteiger charge is -2.14. The SMILES string of the molecule is CCOc1ccccc1C(=O)NCC(O)c1ccccc1. The Bertz CT molecular complexity index is 584. The van der Waals surface area contributed by atoms with E-state index in [2.05, 4.69) is 5.32 Å². The molecule has 0 saturated heterocycles. The van der Waals surface area contributed by atoms with E-state index in [1.807, 2.05) is 43.3 Å². The largest absolute Gasteiger partial charge is 0.493 e. The van der Waals surface area contributed by atoms with Crippen LogP contribution in [0.4, 0.5) is 0 Å². The lowest BCUT2D eigenvalue weighted by atomic mass is 10.1. The summed E-state index contributed by atoms with van der Waals surface area (Å²) in [5.41, 5.74) is 1.25. The van der Waals surface area contributed by atoms with Crippen LogP contribution in [0.25, 0.3) is 0 Å². The number of hydrogen-bond donors (Lipinski definition) is 2. The predicted molar refractivity (Wildman–Crippen MR) is 81.3 cm³/mol. The Kier molecular flexibility index (Phi) is 5.35. The van der Waals surface area contributed by atoms with Crippen molar-refractivity contribution in [3.05, 3.63) is 65.7 Å². The molecule has 0 aliphatic heterocycles. The lowest BCUT2D eigenvalue weighted by molar-refractivity contribution is 0.0912. The summed E-state index contributed by atoms with van der Waals surface area (Å²) in [7, 11) is 0. The van der Waals surface area contributed by atoms with Gasteiger partial charge in [0.1, 0.15) is 5.75 Å². The van der Waals surface area contributed by atoms with Crippen LogP contribution in [0, 0.1) is 0 Å². The average molecular weight is 285 g/mol. The first kappa shape index (κ1) is 15.1. The standard InChI is InChI=1S/C17H19NO3/c1-2-21-16-11-7-6-10-14(16)17(20)18-12-15(19)13-8-4-3-5-9-13/h3-11,15,19H,2,12H2,1H3,(H,18,20). The van der Waals surface area contributed by atoms with Crippen molar-refractivity contribution in [1.82, 2.24) is 5.32 Å². The molecule has 4 nitrogen and oxygen atoms in total. The predicted octanol–water partition coefficient (Wildman–Crippen LogP) is 2.55. The van der Waals surface area contributed by atoms with E-state index in [-0.39, 0.29) is 12.5 Å². The van der Waals surface area contributed by atoms with Crippen molar-refractivity contribution < 1.29 is 14.6 Å². The van der Waals surface area contributed by atoms with E-state index in [1.165, 1.54) is 0 Å². The molecule has 0 saturated carbocycles. The zero-order valence-electron chi connectivity index (χ0n) is 12.0. The first-order valence-corrected chi connectivity index (χ1v) is 6.95. The highest BCUT2D eigenvalue weighted by Gasteiger charge is 2.14. The van der Waals surface area contributed by atoms with Crippen molar-refractivity contribution in [1.29, 1.82) is 0 Å². The monoisotopic (exact) mass is 285 g/mol. The van der Waals surface area contributed by atoms with Crippen LogP contribution >= 0.6 is 0 Å². The van der Waals surface area contributed by atoms with E-state index >= 15 is 0 Å². The van der Waals surface area contributed by atoms with Gasteiger partial charge in [-0.1, -0.05) is 42.5 Å². The van der Waals surface area contributed by atoms with E-state index in [9.17, 15) is 9.90 Å². The van der Waals surface area contributed by atoms with Gasteiger partial charge in [-0.25, -0.2) is 0 Å². The molecular weight excluding hydrogens is 266 g/mol. The normalized spacial score (nSPS) is 11.7. The third-order valence-electron chi connectivity index (χ3n) is 3.07. The van der Waals surface area contributed by atoms with E-state index in [4.69, 9.17) is 4.74 Å². The minimum atomic E-state index is -0.727. The van der Waals surface area contributed by atoms with Gasteiger partial charge in [0.05, 0.1) is 18.3 Å². The Hall–Kier alpha value is -2.33. The van der Waals surface area contributed by atoms with Crippen LogP contribution < -0.4 is 10.1 Å². The maximum atomic E-state index is 12.2. The Morgan fingerprint density at radius 2 is 1.81 bits per heavy atom. The zero-order chi connectivity index (χ0) is 15.1. The molecule has 0 fully saturated rings. The van der Waals surface area contributed by atoms with Crippen LogP contribution in [-0.4, -0.2) is 24.2 Å². The van der Waals surface area contributed by atoms with Crippen molar-refractivity contribution in [3.63, 3.8) is 0 Å². The summed E-state index contributed by atoms with van der Waals surface area (Å²) in [5.74, 6) is 0.292. The summed E-state index contributed by atoms with van der Waals surface area (Å²) in [6.07, 6.45) is -0.727. The average Bonchev–Trinajstić information content (AvgIpc) is 2.54. The van der Waals surface area contributed by atoms with Crippen molar-refractivity contribution in [3.8, 4) is 5.75 Å². The number of ether oxygens (including phenoxy) is 1. The summed E-state index contributed by atoms with van der Waals surface area (Å²) >= 11 is 0. The van der Waals surface area contributed by atoms with E-state index in [0.29, 0.717) is 17.9 Å². The number of para-hydroxylation sites is 1. The van der Waals surface area contributed by atoms with E-state index < -0.39 is 6.10 Å². The molecule has 0 heterocycles. The highest BCUT2D eigenvalue weighted by molar-refractivity contribution is 5.96. The molecule has 2 aromatic rings. The van der Waals surface area contributed by atoms with Crippen molar-refractivity contribution in [2.24, 2.45) is 0 Å². The smallest absolute Gasteiger partial charge is 0.255 e. The van der Waals surface area contributed by atoms with Crippen LogP contribution in [0.15, 0.2) is 54.6 Å². The lowest BCUT2D eigenvalue weighted by Crippen LogP contribution is -2.28. The molecule has 0 radical (unpaired) electrons. The zero-order valence-corrected chi connectivity index (χ0v) is 12.0. The minimum absolute atomic E-state index is 0.156. The van der Waals surface area contributed by atoms with E-state index in [0.717, 1.165) is 5.56 Å². The maximum absolute atomic E-state index is 12.2. The maximum Gasteiger partial charge on any atom is 0.255 e. The molecule has 110 valence electrons. The van der Waals surface area contributed by atoms with Gasteiger partial charge >= 0.3 is 0 Å². The van der Waals surface area contributed by atoms with Gasteiger partial charge in [0.15, 0.2) is 0 Å². The first-order valence-electron chi connectivity index (χ1n) is 6.95. The third kappa shape index (κ3) is 4.07. The van der Waals surface area contributed by atoms with Gasteiger partial charge < -0.3 is 15.2 Å². The molecule has 0 spiro atoms. The summed E-state index contributed by atoms with van der Waals surface area (Å²) in [6.45, 7) is 2.52. The fraction of sp³-hybridized carbons (Fsp3) is 0.235. The molecule has 21 heavy (non-hydrogen) atoms. The Balaban J connectivity index is 1.99. The summed E-state index contributed by atoms with van der Waals surface area (Å²) in [6, 6.07) is 16.3. The molecule has 2 rings (SSSR count). The Morgan fingerprint density at radius 3 is 2.52 bits per heavy atom. The summed E-state index contributed by atoms with van der Waals surface area (Å²) in [4.78, 5) is 12.2. The number of carbonyl (C=O) groups is 1. The second-order valence-electron chi connectivity index (χ2n) is 4.57. The van der Waals surface area contributed by atoms with Gasteiger partial charge in [-0.2, -0.15) is 0 Å². The number of carbonyl (C=O) groups excluding carboxylic acids is 1. The van der Waals surface area contributed by atoms with Gasteiger partial charge in [0.25, 0.3) is 5.91 Å². The number of aliphatic hydroxyl groups is 1. The van der Waals surface area contributed by atoms with Crippen molar-refractivity contribution in [2.75, 3.05) is 13.2 Å². The summed E-state index contributed by atoms with van der Waals surface area (Å²) < 4.78 is 5.43. The van der Waals surface area contributed by atoms with E-state index in [1.54, 1.807) is 18.2 Å². The van der Waals surface area contributed by atoms with Gasteiger partial charge in [-0.05, 0) is 24.6 Å². The van der Waals surface area contributed by atoms with Crippen molar-refractivity contribution in [2.45, 2.75) is 13.0 Å². The highest BCUT2D eigenvalue weighted by atomic mass is 16.5. The fourth-order valence-electron chi connectivity index (χ4n) is 2.01. The molecule has 0 aliphatic rings. The highest BCUT2D eigenvalue weighted by Crippen LogP contribution is 2.18. The Morgan fingerprint density at radius 1 is 1.14 bits per heavy atom. The van der Waals surface area contributed by atoms with Crippen LogP contribution in [-0.2, 0) is 0 Å². The third-order valence-corrected chi connectivity index (χ3v) is 3.07. The van der Waals surface area contributed by atoms with Crippen LogP contribution in [0.5, 0.6) is 5.75 Å². The van der Waals surface area contributed by atoms with Crippen LogP contribution in [0.1, 0.15) is 28.9 Å². The molecule has 0 bridgehead atoms. The van der Waals surface area contributed by atoms with Gasteiger partial charge in [-0.15, -0.1) is 0 Å². The second kappa shape index (κ2) is 7.45. The van der Waals surface area contributed by atoms with Crippen molar-refractivity contribution >= 4 is 5.91 Å². The van der Waals surface area contributed by atoms with Crippen LogP contribution in [0.2, 0.25) is 0 Å². The molecule has 1 unspecified atom stereocenters. The molecule has 2 aromatic carbocycles. The minimum Gasteiger partial charge on any atom is -0.493 e. The fourth-order valence-corrected chi connectivity index (χ4v) is 2.01. The topological polar surface area (TPSA) is 58.6 Å². The quantitative estimate of drug-likeness (QED) is 0.857. The number of rotatable bonds is 6. The first-order chi connectivity index (χ1) is 10.2. The molecule has 0 aromatic heterocycles. The number of amides is 1. The second-order valence-corrected chi connectivity index (χ2v) is 4.57. The number of aliphatic hydroxyl groups excluding tert-OH is 1. The summed E-state index contributed by atoms with van der Waals surface area (Å²) in [5, 5.41) is 12.8. The molecule has 4 heteroatoms. The Labute approximate surface area is 124 Å². The molecule has 1 atom stereocenters.